The molecule has 48 valence electrons. The van der Waals surface area contributed by atoms with Gasteiger partial charge in [-0.1, -0.05) is 6.92 Å². The highest BCUT2D eigenvalue weighted by molar-refractivity contribution is 4.51. The summed E-state index contributed by atoms with van der Waals surface area (Å²) in [5.41, 5.74) is 5.04. The summed E-state index contributed by atoms with van der Waals surface area (Å²) >= 11 is 0. The first-order chi connectivity index (χ1) is 3.72. The van der Waals surface area contributed by atoms with Gasteiger partial charge in [-0.3, -0.25) is 10.1 Å². The molecule has 4 heteroatoms. The van der Waals surface area contributed by atoms with Crippen molar-refractivity contribution in [3.05, 3.63) is 10.1 Å². The molecule has 0 amide bonds. The summed E-state index contributed by atoms with van der Waals surface area (Å²) in [4.78, 5) is 9.54. The summed E-state index contributed by atoms with van der Waals surface area (Å²) in [5.74, 6) is 0. The van der Waals surface area contributed by atoms with Crippen LogP contribution in [0.5, 0.6) is 0 Å². The largest absolute Gasteiger partial charge is 0.325 e. The van der Waals surface area contributed by atoms with E-state index in [1.54, 1.807) is 6.92 Å². The molecule has 0 spiro atoms. The van der Waals surface area contributed by atoms with Crippen molar-refractivity contribution < 1.29 is 4.92 Å². The van der Waals surface area contributed by atoms with Crippen molar-refractivity contribution in [1.29, 1.82) is 0 Å². The molecule has 0 saturated carbocycles. The van der Waals surface area contributed by atoms with Crippen LogP contribution in [0.3, 0.4) is 0 Å². The molecule has 0 aromatic heterocycles. The Morgan fingerprint density at radius 1 is 1.88 bits per heavy atom. The molecule has 0 fully saturated rings. The maximum absolute atomic E-state index is 9.89. The molecule has 0 radical (unpaired) electrons. The van der Waals surface area contributed by atoms with Crippen LogP contribution in [-0.2, 0) is 0 Å². The van der Waals surface area contributed by atoms with Crippen LogP contribution in [0.1, 0.15) is 13.3 Å². The van der Waals surface area contributed by atoms with Gasteiger partial charge in [0.1, 0.15) is 0 Å². The van der Waals surface area contributed by atoms with Crippen LogP contribution in [-0.4, -0.2) is 17.5 Å². The predicted octanol–water partition coefficient (Wildman–Crippen LogP) is 0.000400. The molecule has 0 aliphatic heterocycles. The molecule has 0 aliphatic carbocycles. The molecule has 0 rings (SSSR count). The normalized spacial score (nSPS) is 13.2. The average molecular weight is 118 g/mol. The Kier molecular flexibility index (Phi) is 3.10. The second-order valence-corrected chi connectivity index (χ2v) is 1.58. The zero-order chi connectivity index (χ0) is 6.57. The quantitative estimate of drug-likeness (QED) is 0.419. The first kappa shape index (κ1) is 7.36. The number of nitrogens with zero attached hydrogens (tertiary/aromatic N) is 1. The molecule has 4 nitrogen and oxygen atoms in total. The van der Waals surface area contributed by atoms with Crippen molar-refractivity contribution in [2.45, 2.75) is 19.4 Å². The molecule has 2 N–H and O–H groups in total. The molecule has 0 aromatic rings. The lowest BCUT2D eigenvalue weighted by atomic mass is 10.2. The number of hydrogen-bond donors (Lipinski definition) is 1. The molecule has 1 unspecified atom stereocenters. The minimum Gasteiger partial charge on any atom is -0.325 e. The van der Waals surface area contributed by atoms with Gasteiger partial charge in [0.2, 0.25) is 6.04 Å². The first-order valence-corrected chi connectivity index (χ1v) is 2.56. The highest BCUT2D eigenvalue weighted by Crippen LogP contribution is 1.90. The zero-order valence-electron chi connectivity index (χ0n) is 4.83. The molecule has 0 bridgehead atoms. The van der Waals surface area contributed by atoms with Gasteiger partial charge in [-0.25, -0.2) is 0 Å². The zero-order valence-corrected chi connectivity index (χ0v) is 4.83. The monoisotopic (exact) mass is 118 g/mol. The van der Waals surface area contributed by atoms with E-state index in [0.717, 1.165) is 0 Å². The third-order valence-electron chi connectivity index (χ3n) is 1.04. The van der Waals surface area contributed by atoms with Crippen LogP contribution in [0.15, 0.2) is 0 Å². The van der Waals surface area contributed by atoms with E-state index in [0.29, 0.717) is 6.42 Å². The summed E-state index contributed by atoms with van der Waals surface area (Å²) in [7, 11) is 0. The van der Waals surface area contributed by atoms with E-state index in [1.807, 2.05) is 0 Å². The molecule has 0 aliphatic rings. The standard InChI is InChI=1S/C4H10N2O2/c1-2-4(3-5)6(7)8/h4H,2-3,5H2,1H3. The fourth-order valence-corrected chi connectivity index (χ4v) is 0.402. The second kappa shape index (κ2) is 3.37. The van der Waals surface area contributed by atoms with Crippen LogP contribution in [0.4, 0.5) is 0 Å². The molecule has 8 heavy (non-hydrogen) atoms. The van der Waals surface area contributed by atoms with Gasteiger partial charge >= 0.3 is 0 Å². The van der Waals surface area contributed by atoms with E-state index in [4.69, 9.17) is 5.73 Å². The Morgan fingerprint density at radius 2 is 2.38 bits per heavy atom. The van der Waals surface area contributed by atoms with Gasteiger partial charge in [-0.15, -0.1) is 0 Å². The van der Waals surface area contributed by atoms with Gasteiger partial charge in [0, 0.05) is 11.3 Å². The van der Waals surface area contributed by atoms with E-state index < -0.39 is 6.04 Å². The third-order valence-corrected chi connectivity index (χ3v) is 1.04. The lowest BCUT2D eigenvalue weighted by molar-refractivity contribution is -0.519. The summed E-state index contributed by atoms with van der Waals surface area (Å²) in [5, 5.41) is 9.89. The van der Waals surface area contributed by atoms with Crippen LogP contribution >= 0.6 is 0 Å². The highest BCUT2D eigenvalue weighted by atomic mass is 16.6. The Labute approximate surface area is 47.8 Å². The van der Waals surface area contributed by atoms with Crippen molar-refractivity contribution in [1.82, 2.24) is 0 Å². The number of hydrogen-bond acceptors (Lipinski definition) is 3. The van der Waals surface area contributed by atoms with Gasteiger partial charge in [-0.05, 0) is 0 Å². The van der Waals surface area contributed by atoms with E-state index in [1.165, 1.54) is 0 Å². The third kappa shape index (κ3) is 1.88. The maximum atomic E-state index is 9.89. The summed E-state index contributed by atoms with van der Waals surface area (Å²) in [6.07, 6.45) is 0.517. The van der Waals surface area contributed by atoms with Crippen LogP contribution in [0, 0.1) is 10.1 Å². The number of nitro groups is 1. The predicted molar refractivity (Wildman–Crippen MR) is 30.1 cm³/mol. The van der Waals surface area contributed by atoms with Gasteiger partial charge in [0.25, 0.3) is 0 Å². The molecular formula is C4H10N2O2. The van der Waals surface area contributed by atoms with Crippen molar-refractivity contribution >= 4 is 0 Å². The fraction of sp³-hybridized carbons (Fsp3) is 1.00. The molecule has 0 aromatic carbocycles. The van der Waals surface area contributed by atoms with Crippen molar-refractivity contribution in [2.75, 3.05) is 6.54 Å². The molecule has 0 heterocycles. The first-order valence-electron chi connectivity index (χ1n) is 2.56. The van der Waals surface area contributed by atoms with E-state index >= 15 is 0 Å². The van der Waals surface area contributed by atoms with E-state index in [2.05, 4.69) is 0 Å². The van der Waals surface area contributed by atoms with Gasteiger partial charge in [-0.2, -0.15) is 0 Å². The molecule has 0 saturated heterocycles. The average Bonchev–Trinajstić information content (AvgIpc) is 1.69. The summed E-state index contributed by atoms with van der Waals surface area (Å²) < 4.78 is 0. The number of rotatable bonds is 3. The second-order valence-electron chi connectivity index (χ2n) is 1.58. The van der Waals surface area contributed by atoms with Gasteiger partial charge < -0.3 is 5.73 Å². The van der Waals surface area contributed by atoms with Crippen molar-refractivity contribution in [2.24, 2.45) is 5.73 Å². The SMILES string of the molecule is CCC(CN)[N+](=O)[O-]. The van der Waals surface area contributed by atoms with Crippen LogP contribution in [0.2, 0.25) is 0 Å². The Balaban J connectivity index is 3.52. The van der Waals surface area contributed by atoms with E-state index in [9.17, 15) is 10.1 Å². The van der Waals surface area contributed by atoms with Gasteiger partial charge in [0.05, 0.1) is 6.54 Å². The number of nitrogens with two attached hydrogens (primary N) is 1. The maximum Gasteiger partial charge on any atom is 0.224 e. The lowest BCUT2D eigenvalue weighted by Gasteiger charge is -2.00. The highest BCUT2D eigenvalue weighted by Gasteiger charge is 2.12. The fourth-order valence-electron chi connectivity index (χ4n) is 0.402. The minimum atomic E-state index is -0.546. The smallest absolute Gasteiger partial charge is 0.224 e. The Morgan fingerprint density at radius 3 is 2.38 bits per heavy atom. The van der Waals surface area contributed by atoms with Crippen molar-refractivity contribution in [3.8, 4) is 0 Å². The Hall–Kier alpha value is -0.640. The minimum absolute atomic E-state index is 0.142. The Bertz CT molecular complexity index is 80.1. The van der Waals surface area contributed by atoms with Crippen molar-refractivity contribution in [3.63, 3.8) is 0 Å². The summed E-state index contributed by atoms with van der Waals surface area (Å²) in [6.45, 7) is 1.89. The molecular weight excluding hydrogens is 108 g/mol. The van der Waals surface area contributed by atoms with E-state index in [-0.39, 0.29) is 11.5 Å². The van der Waals surface area contributed by atoms with Crippen LogP contribution < -0.4 is 5.73 Å². The van der Waals surface area contributed by atoms with Gasteiger partial charge in [0.15, 0.2) is 0 Å². The lowest BCUT2D eigenvalue weighted by Crippen LogP contribution is -2.27. The topological polar surface area (TPSA) is 69.2 Å². The molecule has 1 atom stereocenters. The summed E-state index contributed by atoms with van der Waals surface area (Å²) in [6, 6.07) is -0.546. The van der Waals surface area contributed by atoms with Crippen LogP contribution in [0.25, 0.3) is 0 Å².